The van der Waals surface area contributed by atoms with Crippen LogP contribution in [-0.2, 0) is 45.5 Å². The number of hydrogen-bond acceptors (Lipinski definition) is 6. The maximum Gasteiger partial charge on any atom is 0.303 e. The average Bonchev–Trinajstić information content (AvgIpc) is 3.31. The Labute approximate surface area is 267 Å². The molecule has 0 radical (unpaired) electrons. The van der Waals surface area contributed by atoms with Crippen LogP contribution >= 0.6 is 0 Å². The first-order valence-corrected chi connectivity index (χ1v) is 17.1. The summed E-state index contributed by atoms with van der Waals surface area (Å²) in [6.07, 6.45) is 2.19. The molecule has 0 spiro atoms. The molecule has 5 rings (SSSR count). The molecule has 4 aromatic carbocycles. The van der Waals surface area contributed by atoms with Crippen LogP contribution in [0.2, 0.25) is 0 Å². The van der Waals surface area contributed by atoms with E-state index < -0.39 is 22.1 Å². The van der Waals surface area contributed by atoms with Crippen molar-refractivity contribution in [1.82, 2.24) is 4.90 Å². The molecule has 1 aliphatic rings. The molecular formula is C37H42N2O5S. The van der Waals surface area contributed by atoms with Crippen LogP contribution in [0.4, 0.5) is 5.69 Å². The van der Waals surface area contributed by atoms with Crippen molar-refractivity contribution in [3.8, 4) is 5.75 Å². The Morgan fingerprint density at radius 1 is 0.889 bits per heavy atom. The molecule has 8 heteroatoms. The van der Waals surface area contributed by atoms with Crippen molar-refractivity contribution >= 4 is 21.7 Å². The number of hydrogen-bond donors (Lipinski definition) is 1. The number of sulfonamides is 1. The number of benzene rings is 4. The summed E-state index contributed by atoms with van der Waals surface area (Å²) in [5.74, 6) is -0.0208. The summed E-state index contributed by atoms with van der Waals surface area (Å²) in [7, 11) is -3.62. The minimum Gasteiger partial charge on any atom is -0.487 e. The summed E-state index contributed by atoms with van der Waals surface area (Å²) < 4.78 is 39.4. The second-order valence-corrected chi connectivity index (χ2v) is 14.2. The molecule has 0 bridgehead atoms. The van der Waals surface area contributed by atoms with Gasteiger partial charge in [0.05, 0.1) is 11.9 Å². The first kappa shape index (κ1) is 32.3. The molecule has 1 aliphatic carbocycles. The Morgan fingerprint density at radius 2 is 1.47 bits per heavy atom. The van der Waals surface area contributed by atoms with Crippen molar-refractivity contribution in [3.63, 3.8) is 0 Å². The van der Waals surface area contributed by atoms with E-state index in [0.29, 0.717) is 30.1 Å². The van der Waals surface area contributed by atoms with Gasteiger partial charge < -0.3 is 9.47 Å². The number of rotatable bonds is 12. The lowest BCUT2D eigenvalue weighted by atomic mass is 9.93. The first-order chi connectivity index (χ1) is 21.4. The zero-order chi connectivity index (χ0) is 32.2. The molecule has 1 unspecified atom stereocenters. The van der Waals surface area contributed by atoms with E-state index in [1.165, 1.54) is 29.2 Å². The molecule has 236 valence electrons. The summed E-state index contributed by atoms with van der Waals surface area (Å²) in [5.41, 5.74) is 8.12. The number of carbonyl (C=O) groups excluding carboxylic acids is 1. The van der Waals surface area contributed by atoms with E-state index in [0.717, 1.165) is 30.2 Å². The molecule has 0 fully saturated rings. The quantitative estimate of drug-likeness (QED) is 0.172. The van der Waals surface area contributed by atoms with Crippen LogP contribution in [0.1, 0.15) is 58.9 Å². The predicted octanol–water partition coefficient (Wildman–Crippen LogP) is 6.92. The van der Waals surface area contributed by atoms with Gasteiger partial charge in [0.1, 0.15) is 18.5 Å². The van der Waals surface area contributed by atoms with Gasteiger partial charge in [-0.25, -0.2) is 8.42 Å². The fourth-order valence-corrected chi connectivity index (χ4v) is 6.71. The van der Waals surface area contributed by atoms with E-state index in [1.54, 1.807) is 12.1 Å². The average molecular weight is 627 g/mol. The normalized spacial score (nSPS) is 14.5. The number of nitrogens with zero attached hydrogens (tertiary/aromatic N) is 1. The van der Waals surface area contributed by atoms with Crippen molar-refractivity contribution in [2.75, 3.05) is 17.5 Å². The third-order valence-electron chi connectivity index (χ3n) is 8.54. The van der Waals surface area contributed by atoms with Crippen molar-refractivity contribution in [2.24, 2.45) is 0 Å². The third-order valence-corrected chi connectivity index (χ3v) is 9.13. The van der Waals surface area contributed by atoms with Gasteiger partial charge in [-0.2, -0.15) is 0 Å². The van der Waals surface area contributed by atoms with Gasteiger partial charge in [-0.15, -0.1) is 0 Å². The Morgan fingerprint density at radius 3 is 2.02 bits per heavy atom. The van der Waals surface area contributed by atoms with Gasteiger partial charge >= 0.3 is 5.97 Å². The monoisotopic (exact) mass is 626 g/mol. The molecule has 0 saturated carbocycles. The second-order valence-electron chi connectivity index (χ2n) is 12.4. The van der Waals surface area contributed by atoms with Gasteiger partial charge in [-0.1, -0.05) is 78.9 Å². The molecule has 0 amide bonds. The van der Waals surface area contributed by atoms with Crippen molar-refractivity contribution in [2.45, 2.75) is 65.3 Å². The van der Waals surface area contributed by atoms with Crippen LogP contribution in [0.5, 0.6) is 5.75 Å². The Kier molecular flexibility index (Phi) is 9.65. The minimum absolute atomic E-state index is 0.233. The number of ether oxygens (including phenoxy) is 2. The lowest BCUT2D eigenvalue weighted by Crippen LogP contribution is -2.48. The van der Waals surface area contributed by atoms with Crippen molar-refractivity contribution < 1.29 is 22.7 Å². The lowest BCUT2D eigenvalue weighted by molar-refractivity contribution is -0.148. The summed E-state index contributed by atoms with van der Waals surface area (Å²) >= 11 is 0. The fraction of sp³-hybridized carbons (Fsp3) is 0.324. The molecule has 4 aromatic rings. The van der Waals surface area contributed by atoms with Gasteiger partial charge in [0.25, 0.3) is 0 Å². The van der Waals surface area contributed by atoms with E-state index in [-0.39, 0.29) is 12.1 Å². The number of aryl methyl sites for hydroxylation is 2. The number of carbonyl (C=O) groups is 1. The van der Waals surface area contributed by atoms with Crippen molar-refractivity contribution in [1.29, 1.82) is 0 Å². The summed E-state index contributed by atoms with van der Waals surface area (Å²) in [4.78, 5) is 14.9. The van der Waals surface area contributed by atoms with E-state index in [1.807, 2.05) is 54.6 Å². The van der Waals surface area contributed by atoms with Crippen LogP contribution in [-0.4, -0.2) is 37.6 Å². The molecular weight excluding hydrogens is 584 g/mol. The molecule has 1 N–H and O–H groups in total. The second kappa shape index (κ2) is 13.5. The Bertz CT molecular complexity index is 1730. The van der Waals surface area contributed by atoms with Crippen molar-refractivity contribution in [3.05, 3.63) is 130 Å². The van der Waals surface area contributed by atoms with Gasteiger partial charge in [0.15, 0.2) is 0 Å². The van der Waals surface area contributed by atoms with Gasteiger partial charge in [-0.05, 0) is 84.7 Å². The molecule has 7 nitrogen and oxygen atoms in total. The number of anilines is 1. The summed E-state index contributed by atoms with van der Waals surface area (Å²) in [5, 5.41) is 0. The van der Waals surface area contributed by atoms with Gasteiger partial charge in [0.2, 0.25) is 10.0 Å². The topological polar surface area (TPSA) is 84.9 Å². The van der Waals surface area contributed by atoms with E-state index in [4.69, 9.17) is 9.47 Å². The van der Waals surface area contributed by atoms with Crippen LogP contribution in [0.15, 0.2) is 91.0 Å². The van der Waals surface area contributed by atoms with Crippen LogP contribution in [0.25, 0.3) is 0 Å². The highest BCUT2D eigenvalue weighted by atomic mass is 32.2. The van der Waals surface area contributed by atoms with Gasteiger partial charge in [-0.3, -0.25) is 14.4 Å². The number of esters is 1. The number of nitrogens with one attached hydrogen (secondary N) is 1. The fourth-order valence-electron chi connectivity index (χ4n) is 6.15. The molecule has 1 atom stereocenters. The smallest absolute Gasteiger partial charge is 0.303 e. The maximum absolute atomic E-state index is 12.5. The molecule has 0 heterocycles. The van der Waals surface area contributed by atoms with Crippen LogP contribution in [0.3, 0.4) is 0 Å². The van der Waals surface area contributed by atoms with E-state index in [9.17, 15) is 13.2 Å². The van der Waals surface area contributed by atoms with Crippen LogP contribution < -0.4 is 9.46 Å². The van der Waals surface area contributed by atoms with Crippen LogP contribution in [0, 0.1) is 13.8 Å². The highest BCUT2D eigenvalue weighted by Gasteiger charge is 2.40. The summed E-state index contributed by atoms with van der Waals surface area (Å²) in [6.45, 7) is 9.34. The molecule has 0 saturated heterocycles. The Balaban J connectivity index is 1.49. The zero-order valence-electron chi connectivity index (χ0n) is 26.7. The van der Waals surface area contributed by atoms with E-state index >= 15 is 0 Å². The largest absolute Gasteiger partial charge is 0.487 e. The lowest BCUT2D eigenvalue weighted by Gasteiger charge is -2.40. The van der Waals surface area contributed by atoms with E-state index in [2.05, 4.69) is 54.7 Å². The molecule has 45 heavy (non-hydrogen) atoms. The molecule has 0 aliphatic heterocycles. The molecule has 0 aromatic heterocycles. The predicted molar refractivity (Wildman–Crippen MR) is 179 cm³/mol. The Hall–Kier alpha value is -4.14. The summed E-state index contributed by atoms with van der Waals surface area (Å²) in [6, 6.07) is 29.9. The standard InChI is InChI=1S/C37H42N2O5S/c1-26-18-32-21-37(4,22-33(32)19-27(26)2)39(23-29-12-8-6-9-13-29)24-36(44-28(3)40)31-16-17-35(34(20-31)38-45(5,41)42)43-25-30-14-10-7-11-15-30/h6-20,36,38H,21-25H2,1-5H3. The third kappa shape index (κ3) is 8.32. The highest BCUT2D eigenvalue weighted by molar-refractivity contribution is 7.92. The maximum atomic E-state index is 12.5. The van der Waals surface area contributed by atoms with Gasteiger partial charge in [0, 0.05) is 25.6 Å². The SMILES string of the molecule is CC(=O)OC(CN(Cc1ccccc1)C1(C)Cc2cc(C)c(C)cc2C1)c1ccc(OCc2ccccc2)c(NS(C)(=O)=O)c1. The first-order valence-electron chi connectivity index (χ1n) is 15.2. The number of fused-ring (bicyclic) bond motifs is 1. The minimum atomic E-state index is -3.62. The highest BCUT2D eigenvalue weighted by Crippen LogP contribution is 2.39. The zero-order valence-corrected chi connectivity index (χ0v) is 27.5.